The van der Waals surface area contributed by atoms with Crippen molar-refractivity contribution in [1.29, 1.82) is 0 Å². The Kier molecular flexibility index (Phi) is 3.10. The van der Waals surface area contributed by atoms with Gasteiger partial charge in [-0.1, -0.05) is 43.3 Å². The molecule has 2 heteroatoms. The lowest BCUT2D eigenvalue weighted by molar-refractivity contribution is 0.281. The first-order valence-electron chi connectivity index (χ1n) is 7.92. The number of ether oxygens (including phenoxy) is 1. The molecule has 2 unspecified atom stereocenters. The average Bonchev–Trinajstić information content (AvgIpc) is 2.54. The topological polar surface area (TPSA) is 21.3 Å². The molecule has 2 nitrogen and oxygen atoms in total. The van der Waals surface area contributed by atoms with Gasteiger partial charge in [0.2, 0.25) is 0 Å². The Labute approximate surface area is 126 Å². The largest absolute Gasteiger partial charge is 0.493 e. The highest BCUT2D eigenvalue weighted by Crippen LogP contribution is 2.41. The van der Waals surface area contributed by atoms with Crippen LogP contribution in [0.3, 0.4) is 0 Å². The number of fused-ring (bicyclic) bond motifs is 2. The third-order valence-corrected chi connectivity index (χ3v) is 4.74. The molecule has 108 valence electrons. The van der Waals surface area contributed by atoms with Crippen LogP contribution in [0.1, 0.15) is 36.1 Å². The summed E-state index contributed by atoms with van der Waals surface area (Å²) in [7, 11) is 0. The number of nitrogens with one attached hydrogen (secondary N) is 1. The van der Waals surface area contributed by atoms with Crippen LogP contribution in [0.2, 0.25) is 0 Å². The maximum Gasteiger partial charge on any atom is 0.127 e. The average molecular weight is 279 g/mol. The molecular weight excluding hydrogens is 258 g/mol. The zero-order chi connectivity index (χ0) is 14.2. The lowest BCUT2D eigenvalue weighted by atomic mass is 9.83. The van der Waals surface area contributed by atoms with Crippen molar-refractivity contribution in [3.63, 3.8) is 0 Å². The molecule has 0 saturated heterocycles. The fourth-order valence-electron chi connectivity index (χ4n) is 3.66. The van der Waals surface area contributed by atoms with Gasteiger partial charge in [0.25, 0.3) is 0 Å². The summed E-state index contributed by atoms with van der Waals surface area (Å²) in [5.74, 6) is 1.70. The number of hydrogen-bond donors (Lipinski definition) is 1. The van der Waals surface area contributed by atoms with E-state index in [-0.39, 0.29) is 0 Å². The number of aryl methyl sites for hydroxylation is 1. The van der Waals surface area contributed by atoms with E-state index in [9.17, 15) is 0 Å². The monoisotopic (exact) mass is 279 g/mol. The van der Waals surface area contributed by atoms with E-state index in [1.807, 2.05) is 0 Å². The van der Waals surface area contributed by atoms with Gasteiger partial charge in [-0.15, -0.1) is 0 Å². The summed E-state index contributed by atoms with van der Waals surface area (Å²) >= 11 is 0. The van der Waals surface area contributed by atoms with Gasteiger partial charge in [0.15, 0.2) is 0 Å². The minimum atomic E-state index is 0.341. The lowest BCUT2D eigenvalue weighted by Crippen LogP contribution is -2.27. The molecule has 2 aromatic rings. The molecule has 1 N–H and O–H groups in total. The summed E-state index contributed by atoms with van der Waals surface area (Å²) < 4.78 is 6.00. The molecule has 0 spiro atoms. The third-order valence-electron chi connectivity index (χ3n) is 4.74. The first-order valence-corrected chi connectivity index (χ1v) is 7.92. The molecule has 0 aliphatic carbocycles. The Morgan fingerprint density at radius 2 is 1.90 bits per heavy atom. The maximum atomic E-state index is 6.00. The summed E-state index contributed by atoms with van der Waals surface area (Å²) in [4.78, 5) is 0. The molecule has 4 rings (SSSR count). The Morgan fingerprint density at radius 1 is 1.05 bits per heavy atom. The van der Waals surface area contributed by atoms with Crippen molar-refractivity contribution in [3.8, 4) is 5.75 Å². The molecule has 0 amide bonds. The Bertz CT molecular complexity index is 664. The van der Waals surface area contributed by atoms with Crippen LogP contribution in [0.4, 0.5) is 5.69 Å². The fraction of sp³-hybridized carbons (Fsp3) is 0.368. The summed E-state index contributed by atoms with van der Waals surface area (Å²) in [6.07, 6.45) is 3.39. The molecule has 0 radical (unpaired) electrons. The molecule has 0 fully saturated rings. The number of rotatable bonds is 1. The molecule has 2 aliphatic heterocycles. The van der Waals surface area contributed by atoms with Crippen LogP contribution >= 0.6 is 0 Å². The SMILES string of the molecule is CC1Cc2ccccc2NC1c1cccc2c1OCCC2. The van der Waals surface area contributed by atoms with E-state index in [0.717, 1.165) is 31.6 Å². The predicted molar refractivity (Wildman–Crippen MR) is 85.9 cm³/mol. The van der Waals surface area contributed by atoms with Crippen LogP contribution in [-0.4, -0.2) is 6.61 Å². The van der Waals surface area contributed by atoms with Crippen LogP contribution in [0, 0.1) is 5.92 Å². The van der Waals surface area contributed by atoms with E-state index in [0.29, 0.717) is 12.0 Å². The van der Waals surface area contributed by atoms with Gasteiger partial charge >= 0.3 is 0 Å². The van der Waals surface area contributed by atoms with E-state index >= 15 is 0 Å². The van der Waals surface area contributed by atoms with Gasteiger partial charge in [0, 0.05) is 11.3 Å². The van der Waals surface area contributed by atoms with Gasteiger partial charge in [-0.25, -0.2) is 0 Å². The molecule has 2 heterocycles. The summed E-state index contributed by atoms with van der Waals surface area (Å²) in [5.41, 5.74) is 5.39. The van der Waals surface area contributed by atoms with Crippen molar-refractivity contribution in [1.82, 2.24) is 0 Å². The molecule has 0 bridgehead atoms. The van der Waals surface area contributed by atoms with Gasteiger partial charge < -0.3 is 10.1 Å². The summed E-state index contributed by atoms with van der Waals surface area (Å²) in [6.45, 7) is 3.18. The van der Waals surface area contributed by atoms with Gasteiger partial charge in [0.05, 0.1) is 12.6 Å². The molecule has 2 aliphatic rings. The quantitative estimate of drug-likeness (QED) is 0.837. The van der Waals surface area contributed by atoms with Crippen LogP contribution in [0.15, 0.2) is 42.5 Å². The van der Waals surface area contributed by atoms with Crippen LogP contribution in [0.25, 0.3) is 0 Å². The molecule has 2 aromatic carbocycles. The van der Waals surface area contributed by atoms with Crippen molar-refractivity contribution in [2.45, 2.75) is 32.2 Å². The van der Waals surface area contributed by atoms with Crippen molar-refractivity contribution in [2.24, 2.45) is 5.92 Å². The highest BCUT2D eigenvalue weighted by Gasteiger charge is 2.29. The van der Waals surface area contributed by atoms with E-state index in [2.05, 4.69) is 54.7 Å². The lowest BCUT2D eigenvalue weighted by Gasteiger charge is -2.35. The normalized spacial score (nSPS) is 23.5. The van der Waals surface area contributed by atoms with Crippen molar-refractivity contribution < 1.29 is 4.74 Å². The van der Waals surface area contributed by atoms with Crippen molar-refractivity contribution >= 4 is 5.69 Å². The minimum absolute atomic E-state index is 0.341. The zero-order valence-electron chi connectivity index (χ0n) is 12.4. The van der Waals surface area contributed by atoms with E-state index < -0.39 is 0 Å². The van der Waals surface area contributed by atoms with Gasteiger partial charge in [-0.2, -0.15) is 0 Å². The van der Waals surface area contributed by atoms with E-state index in [4.69, 9.17) is 4.74 Å². The van der Waals surface area contributed by atoms with E-state index in [1.165, 1.54) is 22.4 Å². The molecule has 0 saturated carbocycles. The van der Waals surface area contributed by atoms with Crippen LogP contribution in [0.5, 0.6) is 5.75 Å². The number of para-hydroxylation sites is 2. The zero-order valence-corrected chi connectivity index (χ0v) is 12.4. The molecule has 0 aromatic heterocycles. The second kappa shape index (κ2) is 5.10. The number of hydrogen-bond acceptors (Lipinski definition) is 2. The highest BCUT2D eigenvalue weighted by atomic mass is 16.5. The predicted octanol–water partition coefficient (Wildman–Crippen LogP) is 4.36. The van der Waals surface area contributed by atoms with E-state index in [1.54, 1.807) is 0 Å². The first kappa shape index (κ1) is 12.8. The van der Waals surface area contributed by atoms with Crippen LogP contribution < -0.4 is 10.1 Å². The van der Waals surface area contributed by atoms with Crippen molar-refractivity contribution in [3.05, 3.63) is 59.2 Å². The second-order valence-electron chi connectivity index (χ2n) is 6.25. The smallest absolute Gasteiger partial charge is 0.127 e. The molecular formula is C19H21NO. The molecule has 21 heavy (non-hydrogen) atoms. The van der Waals surface area contributed by atoms with Gasteiger partial charge in [0.1, 0.15) is 5.75 Å². The van der Waals surface area contributed by atoms with Gasteiger partial charge in [-0.05, 0) is 42.4 Å². The fourth-order valence-corrected chi connectivity index (χ4v) is 3.66. The van der Waals surface area contributed by atoms with Crippen LogP contribution in [-0.2, 0) is 12.8 Å². The first-order chi connectivity index (χ1) is 10.3. The number of benzene rings is 2. The van der Waals surface area contributed by atoms with Crippen molar-refractivity contribution in [2.75, 3.05) is 11.9 Å². The van der Waals surface area contributed by atoms with Gasteiger partial charge in [-0.3, -0.25) is 0 Å². The third kappa shape index (κ3) is 2.19. The summed E-state index contributed by atoms with van der Waals surface area (Å²) in [6, 6.07) is 15.6. The molecule has 2 atom stereocenters. The Morgan fingerprint density at radius 3 is 2.86 bits per heavy atom. The number of anilines is 1. The Balaban J connectivity index is 1.74. The highest BCUT2D eigenvalue weighted by molar-refractivity contribution is 5.57. The minimum Gasteiger partial charge on any atom is -0.493 e. The standard InChI is InChI=1S/C19H21NO/c1-13-12-15-6-2-3-10-17(15)20-18(13)16-9-4-7-14-8-5-11-21-19(14)16/h2-4,6-7,9-10,13,18,20H,5,8,11-12H2,1H3. The summed E-state index contributed by atoms with van der Waals surface area (Å²) in [5, 5.41) is 3.73. The Hall–Kier alpha value is -1.96. The second-order valence-corrected chi connectivity index (χ2v) is 6.25. The maximum absolute atomic E-state index is 6.00.